The first-order valence-electron chi connectivity index (χ1n) is 11.4. The molecule has 0 fully saturated rings. The molecule has 1 rings (SSSR count). The van der Waals surface area contributed by atoms with E-state index in [-0.39, 0.29) is 18.1 Å². The van der Waals surface area contributed by atoms with E-state index in [4.69, 9.17) is 16.3 Å². The average Bonchev–Trinajstić information content (AvgIpc) is 2.66. The molecule has 1 aromatic carbocycles. The van der Waals surface area contributed by atoms with Gasteiger partial charge in [0.2, 0.25) is 0 Å². The normalized spacial score (nSPS) is 14.0. The van der Waals surface area contributed by atoms with Crippen molar-refractivity contribution in [1.29, 1.82) is 0 Å². The summed E-state index contributed by atoms with van der Waals surface area (Å²) in [5.74, 6) is 0.528. The van der Waals surface area contributed by atoms with Gasteiger partial charge in [-0.1, -0.05) is 69.4 Å². The highest BCUT2D eigenvalue weighted by atomic mass is 35.5. The van der Waals surface area contributed by atoms with Gasteiger partial charge in [-0.05, 0) is 46.1 Å². The molecule has 2 atom stereocenters. The van der Waals surface area contributed by atoms with Gasteiger partial charge in [0.15, 0.2) is 0 Å². The maximum Gasteiger partial charge on any atom is 0.307 e. The molecule has 0 radical (unpaired) electrons. The molecule has 4 heteroatoms. The number of carbonyl (C=O) groups is 1. The van der Waals surface area contributed by atoms with Crippen molar-refractivity contribution in [3.05, 3.63) is 35.9 Å². The number of nitrogens with zero attached hydrogens (tertiary/aromatic N) is 1. The van der Waals surface area contributed by atoms with Gasteiger partial charge in [0, 0.05) is 24.5 Å². The number of carbonyl (C=O) groups excluding carboxylic acids is 1. The SMILES string of the molecule is CCCCCCC[C@@H](CC(=O)OC(C)(C)C)N(CCCCl)[C@@H](C)c1ccccc1. The van der Waals surface area contributed by atoms with E-state index in [1.165, 1.54) is 31.2 Å². The summed E-state index contributed by atoms with van der Waals surface area (Å²) in [6, 6.07) is 11.0. The van der Waals surface area contributed by atoms with Gasteiger partial charge in [0.1, 0.15) is 5.60 Å². The molecule has 0 aliphatic rings. The fraction of sp³-hybridized carbons (Fsp3) is 0.720. The van der Waals surface area contributed by atoms with Gasteiger partial charge in [-0.2, -0.15) is 0 Å². The van der Waals surface area contributed by atoms with Crippen molar-refractivity contribution in [1.82, 2.24) is 4.90 Å². The van der Waals surface area contributed by atoms with Crippen LogP contribution in [0.25, 0.3) is 0 Å². The fourth-order valence-corrected chi connectivity index (χ4v) is 3.92. The van der Waals surface area contributed by atoms with Gasteiger partial charge in [-0.25, -0.2) is 0 Å². The van der Waals surface area contributed by atoms with Crippen molar-refractivity contribution < 1.29 is 9.53 Å². The zero-order chi connectivity index (χ0) is 21.7. The summed E-state index contributed by atoms with van der Waals surface area (Å²) in [6.07, 6.45) is 8.54. The summed E-state index contributed by atoms with van der Waals surface area (Å²) in [5, 5.41) is 0. The quantitative estimate of drug-likeness (QED) is 0.181. The van der Waals surface area contributed by atoms with E-state index in [9.17, 15) is 4.79 Å². The van der Waals surface area contributed by atoms with Gasteiger partial charge in [-0.3, -0.25) is 9.69 Å². The van der Waals surface area contributed by atoms with Crippen molar-refractivity contribution in [2.75, 3.05) is 12.4 Å². The van der Waals surface area contributed by atoms with Crippen LogP contribution in [0.3, 0.4) is 0 Å². The number of unbranched alkanes of at least 4 members (excludes halogenated alkanes) is 4. The summed E-state index contributed by atoms with van der Waals surface area (Å²) in [4.78, 5) is 15.1. The standard InChI is InChI=1S/C25H42ClNO2/c1-6-7-8-9-13-17-23(20-24(28)29-25(3,4)5)27(19-14-18-26)21(2)22-15-11-10-12-16-22/h10-12,15-16,21,23H,6-9,13-14,17-20H2,1-5H3/t21-,23-/m0/s1. The van der Waals surface area contributed by atoms with Crippen LogP contribution < -0.4 is 0 Å². The van der Waals surface area contributed by atoms with Crippen LogP contribution in [0, 0.1) is 0 Å². The molecule has 3 nitrogen and oxygen atoms in total. The predicted molar refractivity (Wildman–Crippen MR) is 125 cm³/mol. The Morgan fingerprint density at radius 2 is 1.72 bits per heavy atom. The molecule has 0 heterocycles. The second-order valence-corrected chi connectivity index (χ2v) is 9.39. The van der Waals surface area contributed by atoms with Gasteiger partial charge in [-0.15, -0.1) is 11.6 Å². The Kier molecular flexibility index (Phi) is 12.6. The molecular weight excluding hydrogens is 382 g/mol. The van der Waals surface area contributed by atoms with Crippen LogP contribution in [0.1, 0.15) is 97.6 Å². The van der Waals surface area contributed by atoms with Gasteiger partial charge < -0.3 is 4.74 Å². The first kappa shape index (κ1) is 26.0. The second-order valence-electron chi connectivity index (χ2n) is 9.01. The van der Waals surface area contributed by atoms with E-state index in [2.05, 4.69) is 43.0 Å². The van der Waals surface area contributed by atoms with Gasteiger partial charge in [0.05, 0.1) is 6.42 Å². The number of esters is 1. The van der Waals surface area contributed by atoms with Crippen LogP contribution in [0.15, 0.2) is 30.3 Å². The van der Waals surface area contributed by atoms with E-state index in [1.54, 1.807) is 0 Å². The van der Waals surface area contributed by atoms with Crippen molar-refractivity contribution in [3.8, 4) is 0 Å². The molecule has 0 unspecified atom stereocenters. The first-order chi connectivity index (χ1) is 13.8. The summed E-state index contributed by atoms with van der Waals surface area (Å²) in [6.45, 7) is 11.2. The first-order valence-corrected chi connectivity index (χ1v) is 11.9. The summed E-state index contributed by atoms with van der Waals surface area (Å²) in [5.41, 5.74) is 0.830. The summed E-state index contributed by atoms with van der Waals surface area (Å²) in [7, 11) is 0. The molecule has 0 amide bonds. The third-order valence-electron chi connectivity index (χ3n) is 5.26. The number of benzene rings is 1. The molecule has 166 valence electrons. The minimum absolute atomic E-state index is 0.104. The van der Waals surface area contributed by atoms with Crippen molar-refractivity contribution in [2.24, 2.45) is 0 Å². The van der Waals surface area contributed by atoms with Crippen LogP contribution in [-0.2, 0) is 9.53 Å². The number of hydrogen-bond acceptors (Lipinski definition) is 3. The molecule has 0 N–H and O–H groups in total. The lowest BCUT2D eigenvalue weighted by Gasteiger charge is -2.37. The van der Waals surface area contributed by atoms with E-state index in [0.717, 1.165) is 25.8 Å². The number of hydrogen-bond donors (Lipinski definition) is 0. The average molecular weight is 424 g/mol. The van der Waals surface area contributed by atoms with Crippen LogP contribution in [0.2, 0.25) is 0 Å². The number of alkyl halides is 1. The molecule has 29 heavy (non-hydrogen) atoms. The van der Waals surface area contributed by atoms with Crippen LogP contribution in [0.4, 0.5) is 0 Å². The molecule has 0 aliphatic heterocycles. The molecule has 0 bridgehead atoms. The lowest BCUT2D eigenvalue weighted by Crippen LogP contribution is -2.41. The zero-order valence-corrected chi connectivity index (χ0v) is 20.0. The van der Waals surface area contributed by atoms with Crippen molar-refractivity contribution >= 4 is 17.6 Å². The zero-order valence-electron chi connectivity index (χ0n) is 19.3. The Balaban J connectivity index is 2.94. The molecule has 0 saturated carbocycles. The van der Waals surface area contributed by atoms with E-state index < -0.39 is 5.60 Å². The minimum Gasteiger partial charge on any atom is -0.460 e. The molecule has 1 aromatic rings. The Morgan fingerprint density at radius 1 is 1.07 bits per heavy atom. The molecule has 0 aliphatic carbocycles. The monoisotopic (exact) mass is 423 g/mol. The Hall–Kier alpha value is -1.06. The Morgan fingerprint density at radius 3 is 2.31 bits per heavy atom. The van der Waals surface area contributed by atoms with Crippen LogP contribution in [0.5, 0.6) is 0 Å². The summed E-state index contributed by atoms with van der Waals surface area (Å²) < 4.78 is 5.66. The highest BCUT2D eigenvalue weighted by molar-refractivity contribution is 6.17. The topological polar surface area (TPSA) is 29.5 Å². The third kappa shape index (κ3) is 11.1. The smallest absolute Gasteiger partial charge is 0.307 e. The number of rotatable bonds is 14. The lowest BCUT2D eigenvalue weighted by atomic mass is 9.98. The molecular formula is C25H42ClNO2. The number of ether oxygens (including phenoxy) is 1. The largest absolute Gasteiger partial charge is 0.460 e. The van der Waals surface area contributed by atoms with Gasteiger partial charge in [0.25, 0.3) is 0 Å². The summed E-state index contributed by atoms with van der Waals surface area (Å²) >= 11 is 6.04. The second kappa shape index (κ2) is 14.0. The van der Waals surface area contributed by atoms with E-state index in [1.807, 2.05) is 26.8 Å². The highest BCUT2D eigenvalue weighted by Gasteiger charge is 2.28. The van der Waals surface area contributed by atoms with Crippen molar-refractivity contribution in [3.63, 3.8) is 0 Å². The maximum absolute atomic E-state index is 12.7. The van der Waals surface area contributed by atoms with Gasteiger partial charge >= 0.3 is 5.97 Å². The minimum atomic E-state index is -0.450. The third-order valence-corrected chi connectivity index (χ3v) is 5.53. The highest BCUT2D eigenvalue weighted by Crippen LogP contribution is 2.27. The number of halogens is 1. The maximum atomic E-state index is 12.7. The molecule has 0 aromatic heterocycles. The Labute approximate surface area is 184 Å². The lowest BCUT2D eigenvalue weighted by molar-refractivity contribution is -0.156. The van der Waals surface area contributed by atoms with E-state index in [0.29, 0.717) is 12.3 Å². The fourth-order valence-electron chi connectivity index (χ4n) is 3.80. The van der Waals surface area contributed by atoms with Crippen LogP contribution in [-0.4, -0.2) is 34.9 Å². The van der Waals surface area contributed by atoms with Crippen molar-refractivity contribution in [2.45, 2.75) is 104 Å². The van der Waals surface area contributed by atoms with Crippen LogP contribution >= 0.6 is 11.6 Å². The molecule has 0 spiro atoms. The van der Waals surface area contributed by atoms with E-state index >= 15 is 0 Å². The Bertz CT molecular complexity index is 556. The molecule has 0 saturated heterocycles. The predicted octanol–water partition coefficient (Wildman–Crippen LogP) is 7.14.